The van der Waals surface area contributed by atoms with E-state index < -0.39 is 0 Å². The maximum Gasteiger partial charge on any atom is 0.114 e. The van der Waals surface area contributed by atoms with Crippen LogP contribution >= 0.6 is 22.9 Å². The SMILES string of the molecule is CNC(c1ccc(C)c(Cl)c1)c1nc(C)cs1. The second kappa shape index (κ2) is 5.17. The molecule has 0 amide bonds. The standard InChI is InChI=1S/C13H15ClN2S/c1-8-4-5-10(6-11(8)14)12(15-3)13-16-9(2)7-17-13/h4-7,12,15H,1-3H3. The van der Waals surface area contributed by atoms with Gasteiger partial charge in [0.25, 0.3) is 0 Å². The number of thiazole rings is 1. The zero-order valence-corrected chi connectivity index (χ0v) is 11.7. The van der Waals surface area contributed by atoms with Crippen molar-refractivity contribution in [2.75, 3.05) is 7.05 Å². The van der Waals surface area contributed by atoms with Gasteiger partial charge in [-0.15, -0.1) is 11.3 Å². The molecule has 1 atom stereocenters. The lowest BCUT2D eigenvalue weighted by Crippen LogP contribution is -2.17. The zero-order chi connectivity index (χ0) is 12.4. The van der Waals surface area contributed by atoms with Crippen molar-refractivity contribution in [3.63, 3.8) is 0 Å². The summed E-state index contributed by atoms with van der Waals surface area (Å²) in [6.45, 7) is 4.02. The minimum absolute atomic E-state index is 0.117. The second-order valence-electron chi connectivity index (χ2n) is 4.06. The van der Waals surface area contributed by atoms with Crippen LogP contribution < -0.4 is 5.32 Å². The van der Waals surface area contributed by atoms with Gasteiger partial charge in [0, 0.05) is 16.1 Å². The van der Waals surface area contributed by atoms with Crippen molar-refractivity contribution >= 4 is 22.9 Å². The molecule has 0 aliphatic heterocycles. The molecular formula is C13H15ClN2S. The fourth-order valence-corrected chi connectivity index (χ4v) is 2.85. The molecule has 2 nitrogen and oxygen atoms in total. The summed E-state index contributed by atoms with van der Waals surface area (Å²) >= 11 is 7.83. The van der Waals surface area contributed by atoms with Crippen molar-refractivity contribution in [3.05, 3.63) is 50.4 Å². The summed E-state index contributed by atoms with van der Waals surface area (Å²) in [4.78, 5) is 4.52. The molecule has 0 fully saturated rings. The Kier molecular flexibility index (Phi) is 3.82. The summed E-state index contributed by atoms with van der Waals surface area (Å²) in [5.74, 6) is 0. The maximum atomic E-state index is 6.16. The van der Waals surface area contributed by atoms with Crippen molar-refractivity contribution in [2.45, 2.75) is 19.9 Å². The van der Waals surface area contributed by atoms with E-state index in [0.29, 0.717) is 0 Å². The Morgan fingerprint density at radius 2 is 2.12 bits per heavy atom. The summed E-state index contributed by atoms with van der Waals surface area (Å²) in [6, 6.07) is 6.27. The van der Waals surface area contributed by atoms with Crippen LogP contribution in [0.1, 0.15) is 27.9 Å². The van der Waals surface area contributed by atoms with Crippen molar-refractivity contribution in [3.8, 4) is 0 Å². The molecule has 0 saturated heterocycles. The van der Waals surface area contributed by atoms with Crippen molar-refractivity contribution < 1.29 is 0 Å². The van der Waals surface area contributed by atoms with Crippen LogP contribution in [0.5, 0.6) is 0 Å². The predicted molar refractivity (Wildman–Crippen MR) is 73.9 cm³/mol. The Morgan fingerprint density at radius 1 is 1.35 bits per heavy atom. The Bertz CT molecular complexity index is 522. The summed E-state index contributed by atoms with van der Waals surface area (Å²) < 4.78 is 0. The van der Waals surface area contributed by atoms with Crippen LogP contribution in [0.2, 0.25) is 5.02 Å². The van der Waals surface area contributed by atoms with Gasteiger partial charge in [-0.05, 0) is 38.1 Å². The van der Waals surface area contributed by atoms with Gasteiger partial charge in [0.2, 0.25) is 0 Å². The summed E-state index contributed by atoms with van der Waals surface area (Å²) in [7, 11) is 1.94. The molecule has 0 spiro atoms. The van der Waals surface area contributed by atoms with Crippen molar-refractivity contribution in [2.24, 2.45) is 0 Å². The number of aromatic nitrogens is 1. The molecular weight excluding hydrogens is 252 g/mol. The lowest BCUT2D eigenvalue weighted by molar-refractivity contribution is 0.685. The number of halogens is 1. The average Bonchev–Trinajstić information content (AvgIpc) is 2.71. The number of hydrogen-bond donors (Lipinski definition) is 1. The molecule has 1 unspecified atom stereocenters. The lowest BCUT2D eigenvalue weighted by Gasteiger charge is -2.14. The first kappa shape index (κ1) is 12.6. The van der Waals surface area contributed by atoms with Crippen molar-refractivity contribution in [1.29, 1.82) is 0 Å². The van der Waals surface area contributed by atoms with Gasteiger partial charge >= 0.3 is 0 Å². The molecule has 0 radical (unpaired) electrons. The van der Waals surface area contributed by atoms with Gasteiger partial charge < -0.3 is 5.32 Å². The van der Waals surface area contributed by atoms with Gasteiger partial charge in [0.15, 0.2) is 0 Å². The molecule has 4 heteroatoms. The highest BCUT2D eigenvalue weighted by Crippen LogP contribution is 2.27. The molecule has 1 aromatic heterocycles. The highest BCUT2D eigenvalue weighted by atomic mass is 35.5. The molecule has 0 bridgehead atoms. The Balaban J connectivity index is 2.38. The van der Waals surface area contributed by atoms with Gasteiger partial charge in [-0.3, -0.25) is 0 Å². The van der Waals surface area contributed by atoms with E-state index in [1.54, 1.807) is 11.3 Å². The average molecular weight is 267 g/mol. The van der Waals surface area contributed by atoms with E-state index in [1.807, 2.05) is 33.0 Å². The van der Waals surface area contributed by atoms with Gasteiger partial charge in [0.05, 0.1) is 6.04 Å². The van der Waals surface area contributed by atoms with E-state index in [2.05, 4.69) is 21.7 Å². The van der Waals surface area contributed by atoms with Gasteiger partial charge in [-0.1, -0.05) is 23.7 Å². The predicted octanol–water partition coefficient (Wildman–Crippen LogP) is 3.72. The number of nitrogens with one attached hydrogen (secondary N) is 1. The Morgan fingerprint density at radius 3 is 2.65 bits per heavy atom. The fourth-order valence-electron chi connectivity index (χ4n) is 1.73. The van der Waals surface area contributed by atoms with Crippen LogP contribution in [0.3, 0.4) is 0 Å². The van der Waals surface area contributed by atoms with E-state index in [4.69, 9.17) is 11.6 Å². The molecule has 0 aliphatic carbocycles. The molecule has 2 rings (SSSR count). The van der Waals surface area contributed by atoms with Crippen LogP contribution in [0.25, 0.3) is 0 Å². The minimum Gasteiger partial charge on any atom is -0.307 e. The van der Waals surface area contributed by atoms with Crippen LogP contribution in [0.4, 0.5) is 0 Å². The molecule has 0 aliphatic rings. The number of nitrogens with zero attached hydrogens (tertiary/aromatic N) is 1. The summed E-state index contributed by atoms with van der Waals surface area (Å²) in [5, 5.41) is 7.22. The molecule has 90 valence electrons. The van der Waals surface area contributed by atoms with E-state index in [1.165, 1.54) is 0 Å². The third kappa shape index (κ3) is 2.68. The topological polar surface area (TPSA) is 24.9 Å². The molecule has 1 N–H and O–H groups in total. The Labute approximate surface area is 111 Å². The Hall–Kier alpha value is -0.900. The normalized spacial score (nSPS) is 12.7. The largest absolute Gasteiger partial charge is 0.307 e. The molecule has 1 aromatic carbocycles. The first-order valence-corrected chi connectivity index (χ1v) is 6.73. The van der Waals surface area contributed by atoms with Gasteiger partial charge in [0.1, 0.15) is 5.01 Å². The lowest BCUT2D eigenvalue weighted by atomic mass is 10.1. The second-order valence-corrected chi connectivity index (χ2v) is 5.35. The molecule has 2 aromatic rings. The summed E-state index contributed by atoms with van der Waals surface area (Å²) in [5.41, 5.74) is 3.31. The van der Waals surface area contributed by atoms with Crippen LogP contribution in [-0.2, 0) is 0 Å². The van der Waals surface area contributed by atoms with Gasteiger partial charge in [-0.25, -0.2) is 4.98 Å². The third-order valence-corrected chi connectivity index (χ3v) is 4.14. The first-order valence-electron chi connectivity index (χ1n) is 5.47. The quantitative estimate of drug-likeness (QED) is 0.916. The van der Waals surface area contributed by atoms with Crippen LogP contribution in [0.15, 0.2) is 23.6 Å². The maximum absolute atomic E-state index is 6.16. The third-order valence-electron chi connectivity index (χ3n) is 2.70. The van der Waals surface area contributed by atoms with Crippen LogP contribution in [-0.4, -0.2) is 12.0 Å². The van der Waals surface area contributed by atoms with E-state index in [9.17, 15) is 0 Å². The fraction of sp³-hybridized carbons (Fsp3) is 0.308. The number of benzene rings is 1. The smallest absolute Gasteiger partial charge is 0.114 e. The molecule has 1 heterocycles. The van der Waals surface area contributed by atoms with Gasteiger partial charge in [-0.2, -0.15) is 0 Å². The molecule has 17 heavy (non-hydrogen) atoms. The first-order chi connectivity index (χ1) is 8.11. The van der Waals surface area contributed by atoms with Crippen LogP contribution in [0, 0.1) is 13.8 Å². The highest BCUT2D eigenvalue weighted by Gasteiger charge is 2.15. The summed E-state index contributed by atoms with van der Waals surface area (Å²) in [6.07, 6.45) is 0. The van der Waals surface area contributed by atoms with Crippen molar-refractivity contribution in [1.82, 2.24) is 10.3 Å². The number of aryl methyl sites for hydroxylation is 2. The molecule has 0 saturated carbocycles. The highest BCUT2D eigenvalue weighted by molar-refractivity contribution is 7.09. The number of rotatable bonds is 3. The monoisotopic (exact) mass is 266 g/mol. The zero-order valence-electron chi connectivity index (χ0n) is 10.1. The number of hydrogen-bond acceptors (Lipinski definition) is 3. The minimum atomic E-state index is 0.117. The van der Waals surface area contributed by atoms with E-state index in [-0.39, 0.29) is 6.04 Å². The van der Waals surface area contributed by atoms with E-state index in [0.717, 1.165) is 26.9 Å². The van der Waals surface area contributed by atoms with E-state index >= 15 is 0 Å².